The van der Waals surface area contributed by atoms with Crippen LogP contribution in [-0.4, -0.2) is 53.9 Å². The molecule has 0 unspecified atom stereocenters. The number of ether oxygens (including phenoxy) is 1. The van der Waals surface area contributed by atoms with Gasteiger partial charge in [-0.1, -0.05) is 6.07 Å². The predicted molar refractivity (Wildman–Crippen MR) is 98.9 cm³/mol. The molecule has 26 heavy (non-hydrogen) atoms. The summed E-state index contributed by atoms with van der Waals surface area (Å²) in [6.07, 6.45) is 2.96. The normalized spacial score (nSPS) is 15.4. The summed E-state index contributed by atoms with van der Waals surface area (Å²) in [5.41, 5.74) is 1.83. The minimum Gasteiger partial charge on any atom is -0.464 e. The molecule has 2 N–H and O–H groups in total. The molecule has 1 aliphatic rings. The van der Waals surface area contributed by atoms with Gasteiger partial charge in [0.1, 0.15) is 5.76 Å². The van der Waals surface area contributed by atoms with E-state index in [4.69, 9.17) is 9.15 Å². The number of furan rings is 1. The molecule has 4 rings (SSSR count). The maximum absolute atomic E-state index is 12.2. The highest BCUT2D eigenvalue weighted by molar-refractivity contribution is 6.00. The third-order valence-corrected chi connectivity index (χ3v) is 4.61. The Morgan fingerprint density at radius 2 is 2.15 bits per heavy atom. The average Bonchev–Trinajstić information content (AvgIpc) is 3.33. The molecule has 0 aliphatic carbocycles. The molecule has 0 radical (unpaired) electrons. The second kappa shape index (κ2) is 7.72. The number of anilines is 1. The maximum atomic E-state index is 12.2. The monoisotopic (exact) mass is 354 g/mol. The van der Waals surface area contributed by atoms with Crippen molar-refractivity contribution in [3.8, 4) is 11.3 Å². The van der Waals surface area contributed by atoms with Gasteiger partial charge in [0.15, 0.2) is 5.82 Å². The van der Waals surface area contributed by atoms with Crippen molar-refractivity contribution in [1.29, 1.82) is 0 Å². The summed E-state index contributed by atoms with van der Waals surface area (Å²) in [4.78, 5) is 14.6. The van der Waals surface area contributed by atoms with Gasteiger partial charge in [-0.15, -0.1) is 0 Å². The van der Waals surface area contributed by atoms with Crippen LogP contribution in [0.5, 0.6) is 0 Å². The fourth-order valence-electron chi connectivity index (χ4n) is 3.19. The first-order chi connectivity index (χ1) is 12.8. The topological polar surface area (TPSA) is 83.4 Å². The lowest BCUT2D eigenvalue weighted by Gasteiger charge is -2.26. The second-order valence-electron chi connectivity index (χ2n) is 6.42. The van der Waals surface area contributed by atoms with Gasteiger partial charge in [-0.05, 0) is 37.2 Å². The highest BCUT2D eigenvalue weighted by atomic mass is 16.5. The van der Waals surface area contributed by atoms with Crippen LogP contribution in [0.25, 0.3) is 22.2 Å². The molecule has 2 aromatic heterocycles. The molecule has 1 aromatic carbocycles. The third-order valence-electron chi connectivity index (χ3n) is 4.61. The number of fused-ring (bicyclic) bond motifs is 1. The zero-order valence-corrected chi connectivity index (χ0v) is 14.5. The van der Waals surface area contributed by atoms with E-state index in [1.165, 1.54) is 0 Å². The van der Waals surface area contributed by atoms with E-state index < -0.39 is 0 Å². The van der Waals surface area contributed by atoms with E-state index in [0.29, 0.717) is 12.2 Å². The molecule has 1 fully saturated rings. The Kier molecular flexibility index (Phi) is 4.99. The highest BCUT2D eigenvalue weighted by Crippen LogP contribution is 2.27. The number of hydrogen-bond donors (Lipinski definition) is 2. The minimum atomic E-state index is -0.0122. The number of hydrogen-bond acceptors (Lipinski definition) is 5. The smallest absolute Gasteiger partial charge is 0.225 e. The number of nitrogens with zero attached hydrogens (tertiary/aromatic N) is 2. The number of H-pyrrole nitrogens is 1. The van der Waals surface area contributed by atoms with Crippen LogP contribution in [0.1, 0.15) is 12.8 Å². The number of morpholine rings is 1. The maximum Gasteiger partial charge on any atom is 0.225 e. The number of carbonyl (C=O) groups is 1. The molecule has 7 nitrogen and oxygen atoms in total. The van der Waals surface area contributed by atoms with E-state index >= 15 is 0 Å². The number of amides is 1. The number of nitrogens with one attached hydrogen (secondary N) is 2. The van der Waals surface area contributed by atoms with Crippen molar-refractivity contribution in [1.82, 2.24) is 15.1 Å². The van der Waals surface area contributed by atoms with Gasteiger partial charge in [0.25, 0.3) is 0 Å². The van der Waals surface area contributed by atoms with E-state index in [-0.39, 0.29) is 5.91 Å². The van der Waals surface area contributed by atoms with E-state index in [2.05, 4.69) is 20.4 Å². The summed E-state index contributed by atoms with van der Waals surface area (Å²) in [6.45, 7) is 4.38. The number of aromatic nitrogens is 2. The quantitative estimate of drug-likeness (QED) is 0.711. The summed E-state index contributed by atoms with van der Waals surface area (Å²) in [6, 6.07) is 9.64. The van der Waals surface area contributed by atoms with E-state index in [0.717, 1.165) is 61.5 Å². The number of carbonyl (C=O) groups excluding carboxylic acids is 1. The van der Waals surface area contributed by atoms with E-state index in [1.54, 1.807) is 6.26 Å². The predicted octanol–water partition coefficient (Wildman–Crippen LogP) is 2.87. The fourth-order valence-corrected chi connectivity index (χ4v) is 3.19. The van der Waals surface area contributed by atoms with Crippen LogP contribution in [0.15, 0.2) is 41.0 Å². The Morgan fingerprint density at radius 3 is 2.96 bits per heavy atom. The molecule has 1 amide bonds. The largest absolute Gasteiger partial charge is 0.464 e. The lowest BCUT2D eigenvalue weighted by atomic mass is 10.1. The van der Waals surface area contributed by atoms with E-state index in [9.17, 15) is 4.79 Å². The van der Waals surface area contributed by atoms with Crippen molar-refractivity contribution < 1.29 is 13.9 Å². The van der Waals surface area contributed by atoms with Crippen LogP contribution < -0.4 is 5.32 Å². The highest BCUT2D eigenvalue weighted by Gasteiger charge is 2.13. The minimum absolute atomic E-state index is 0.0122. The van der Waals surface area contributed by atoms with Crippen molar-refractivity contribution in [3.05, 3.63) is 36.6 Å². The van der Waals surface area contributed by atoms with Crippen LogP contribution in [0.3, 0.4) is 0 Å². The first-order valence-electron chi connectivity index (χ1n) is 8.91. The molecule has 136 valence electrons. The molecule has 0 saturated carbocycles. The van der Waals surface area contributed by atoms with Gasteiger partial charge in [0, 0.05) is 30.5 Å². The van der Waals surface area contributed by atoms with Gasteiger partial charge in [-0.2, -0.15) is 5.10 Å². The lowest BCUT2D eigenvalue weighted by Crippen LogP contribution is -2.37. The van der Waals surface area contributed by atoms with Crippen LogP contribution in [0, 0.1) is 0 Å². The third kappa shape index (κ3) is 3.79. The molecule has 3 heterocycles. The summed E-state index contributed by atoms with van der Waals surface area (Å²) in [5, 5.41) is 11.0. The number of rotatable bonds is 6. The molecule has 1 aliphatic heterocycles. The first kappa shape index (κ1) is 16.8. The zero-order chi connectivity index (χ0) is 17.8. The Morgan fingerprint density at radius 1 is 1.27 bits per heavy atom. The fraction of sp³-hybridized carbons (Fsp3) is 0.368. The molecule has 3 aromatic rings. The van der Waals surface area contributed by atoms with Crippen molar-refractivity contribution in [3.63, 3.8) is 0 Å². The van der Waals surface area contributed by atoms with Gasteiger partial charge in [-0.3, -0.25) is 14.8 Å². The van der Waals surface area contributed by atoms with Crippen LogP contribution in [0.2, 0.25) is 0 Å². The van der Waals surface area contributed by atoms with Crippen molar-refractivity contribution in [2.45, 2.75) is 12.8 Å². The van der Waals surface area contributed by atoms with Gasteiger partial charge in [-0.25, -0.2) is 0 Å². The molecular weight excluding hydrogens is 332 g/mol. The molecule has 7 heteroatoms. The summed E-state index contributed by atoms with van der Waals surface area (Å²) in [7, 11) is 0. The summed E-state index contributed by atoms with van der Waals surface area (Å²) >= 11 is 0. The Bertz CT molecular complexity index is 866. The summed E-state index contributed by atoms with van der Waals surface area (Å²) < 4.78 is 10.7. The average molecular weight is 354 g/mol. The van der Waals surface area contributed by atoms with Crippen LogP contribution in [-0.2, 0) is 9.53 Å². The standard InChI is InChI=1S/C19H22N4O3/c24-18(4-1-7-23-8-11-25-12-9-23)20-19-15-6-5-14(13-16(15)21-22-19)17-3-2-10-26-17/h2-3,5-6,10,13H,1,4,7-9,11-12H2,(H2,20,21,22,24). The van der Waals surface area contributed by atoms with Gasteiger partial charge >= 0.3 is 0 Å². The van der Waals surface area contributed by atoms with Gasteiger partial charge in [0.05, 0.1) is 25.0 Å². The Labute approximate surface area is 151 Å². The van der Waals surface area contributed by atoms with Crippen LogP contribution >= 0.6 is 0 Å². The Hall–Kier alpha value is -2.64. The van der Waals surface area contributed by atoms with E-state index in [1.807, 2.05) is 30.3 Å². The van der Waals surface area contributed by atoms with Crippen molar-refractivity contribution >= 4 is 22.6 Å². The SMILES string of the molecule is O=C(CCCN1CCOCC1)Nc1n[nH]c2cc(-c3ccco3)ccc12. The zero-order valence-electron chi connectivity index (χ0n) is 14.5. The molecule has 0 bridgehead atoms. The molecule has 0 atom stereocenters. The first-order valence-corrected chi connectivity index (χ1v) is 8.91. The molecular formula is C19H22N4O3. The van der Waals surface area contributed by atoms with Crippen LogP contribution in [0.4, 0.5) is 5.82 Å². The number of benzene rings is 1. The van der Waals surface area contributed by atoms with Crippen molar-refractivity contribution in [2.24, 2.45) is 0 Å². The number of aromatic amines is 1. The summed E-state index contributed by atoms with van der Waals surface area (Å²) in [5.74, 6) is 1.36. The molecule has 0 spiro atoms. The Balaban J connectivity index is 1.35. The lowest BCUT2D eigenvalue weighted by molar-refractivity contribution is -0.116. The van der Waals surface area contributed by atoms with Gasteiger partial charge in [0.2, 0.25) is 5.91 Å². The second-order valence-corrected chi connectivity index (χ2v) is 6.42. The molecule has 1 saturated heterocycles. The van der Waals surface area contributed by atoms with Crippen molar-refractivity contribution in [2.75, 3.05) is 38.2 Å². The van der Waals surface area contributed by atoms with Gasteiger partial charge < -0.3 is 14.5 Å².